The van der Waals surface area contributed by atoms with Gasteiger partial charge in [0.15, 0.2) is 0 Å². The van der Waals surface area contributed by atoms with E-state index in [0.717, 1.165) is 36.3 Å². The maximum atomic E-state index is 5.85. The van der Waals surface area contributed by atoms with Crippen LogP contribution in [-0.4, -0.2) is 20.3 Å². The van der Waals surface area contributed by atoms with Crippen LogP contribution >= 0.6 is 28.3 Å². The van der Waals surface area contributed by atoms with Crippen LogP contribution < -0.4 is 10.1 Å². The van der Waals surface area contributed by atoms with E-state index in [1.165, 1.54) is 11.1 Å². The third kappa shape index (κ3) is 7.36. The summed E-state index contributed by atoms with van der Waals surface area (Å²) in [5, 5.41) is 3.40. The van der Waals surface area contributed by atoms with Crippen LogP contribution in [0, 0.1) is 0 Å². The number of halogens is 2. The first-order valence-corrected chi connectivity index (χ1v) is 8.23. The van der Waals surface area contributed by atoms with Crippen LogP contribution in [0.4, 0.5) is 0 Å². The SMILES string of the molecule is COCCCNCc1ccc(OCc2ccccc2)c(Br)c1.Cl. The molecule has 2 rings (SSSR count). The molecular formula is C18H23BrClNO2. The van der Waals surface area contributed by atoms with Gasteiger partial charge < -0.3 is 14.8 Å². The Morgan fingerprint density at radius 2 is 1.83 bits per heavy atom. The third-order valence-electron chi connectivity index (χ3n) is 3.26. The summed E-state index contributed by atoms with van der Waals surface area (Å²) < 4.78 is 11.9. The molecule has 0 radical (unpaired) electrons. The summed E-state index contributed by atoms with van der Waals surface area (Å²) in [6.45, 7) is 3.18. The summed E-state index contributed by atoms with van der Waals surface area (Å²) in [5.74, 6) is 0.868. The molecule has 1 N–H and O–H groups in total. The van der Waals surface area contributed by atoms with Crippen molar-refractivity contribution in [3.05, 3.63) is 64.1 Å². The zero-order valence-electron chi connectivity index (χ0n) is 13.3. The first-order valence-electron chi connectivity index (χ1n) is 7.44. The van der Waals surface area contributed by atoms with Gasteiger partial charge in [0.05, 0.1) is 4.47 Å². The molecule has 0 fully saturated rings. The molecule has 2 aromatic carbocycles. The van der Waals surface area contributed by atoms with Gasteiger partial charge in [0, 0.05) is 20.3 Å². The molecule has 0 amide bonds. The molecule has 0 spiro atoms. The molecule has 0 aliphatic rings. The summed E-state index contributed by atoms with van der Waals surface area (Å²) in [6.07, 6.45) is 1.02. The molecule has 2 aromatic rings. The molecule has 0 atom stereocenters. The summed E-state index contributed by atoms with van der Waals surface area (Å²) >= 11 is 3.58. The standard InChI is InChI=1S/C18H22BrNO2.ClH/c1-21-11-5-10-20-13-16-8-9-18(17(19)12-16)22-14-15-6-3-2-4-7-15;/h2-4,6-9,12,20H,5,10-11,13-14H2,1H3;1H. The lowest BCUT2D eigenvalue weighted by atomic mass is 10.2. The van der Waals surface area contributed by atoms with Crippen molar-refractivity contribution >= 4 is 28.3 Å². The van der Waals surface area contributed by atoms with Crippen molar-refractivity contribution in [1.82, 2.24) is 5.32 Å². The Morgan fingerprint density at radius 1 is 1.04 bits per heavy atom. The molecule has 0 aliphatic heterocycles. The van der Waals surface area contributed by atoms with Crippen molar-refractivity contribution < 1.29 is 9.47 Å². The number of methoxy groups -OCH3 is 1. The highest BCUT2D eigenvalue weighted by Gasteiger charge is 2.03. The molecule has 3 nitrogen and oxygen atoms in total. The lowest BCUT2D eigenvalue weighted by Crippen LogP contribution is -2.16. The highest BCUT2D eigenvalue weighted by Crippen LogP contribution is 2.26. The van der Waals surface area contributed by atoms with Gasteiger partial charge in [0.2, 0.25) is 0 Å². The van der Waals surface area contributed by atoms with Gasteiger partial charge in [0.1, 0.15) is 12.4 Å². The second kappa shape index (κ2) is 11.5. The van der Waals surface area contributed by atoms with E-state index >= 15 is 0 Å². The molecule has 0 bridgehead atoms. The summed E-state index contributed by atoms with van der Waals surface area (Å²) in [7, 11) is 1.73. The molecule has 126 valence electrons. The van der Waals surface area contributed by atoms with E-state index in [9.17, 15) is 0 Å². The van der Waals surface area contributed by atoms with E-state index in [2.05, 4.69) is 45.5 Å². The zero-order valence-corrected chi connectivity index (χ0v) is 15.7. The lowest BCUT2D eigenvalue weighted by Gasteiger charge is -2.10. The smallest absolute Gasteiger partial charge is 0.134 e. The number of ether oxygens (including phenoxy) is 2. The Bertz CT molecular complexity index is 566. The first kappa shape index (κ1) is 20.0. The quantitative estimate of drug-likeness (QED) is 0.625. The lowest BCUT2D eigenvalue weighted by molar-refractivity contribution is 0.194. The third-order valence-corrected chi connectivity index (χ3v) is 3.88. The largest absolute Gasteiger partial charge is 0.488 e. The fraction of sp³-hybridized carbons (Fsp3) is 0.333. The van der Waals surface area contributed by atoms with Gasteiger partial charge in [0.25, 0.3) is 0 Å². The molecular weight excluding hydrogens is 378 g/mol. The van der Waals surface area contributed by atoms with Gasteiger partial charge in [-0.2, -0.15) is 0 Å². The van der Waals surface area contributed by atoms with Crippen molar-refractivity contribution in [1.29, 1.82) is 0 Å². The molecule has 0 unspecified atom stereocenters. The Kier molecular flexibility index (Phi) is 9.96. The molecule has 0 aliphatic carbocycles. The van der Waals surface area contributed by atoms with Gasteiger partial charge in [-0.05, 0) is 52.2 Å². The van der Waals surface area contributed by atoms with Crippen LogP contribution in [0.1, 0.15) is 17.5 Å². The minimum absolute atomic E-state index is 0. The topological polar surface area (TPSA) is 30.5 Å². The normalized spacial score (nSPS) is 10.2. The highest BCUT2D eigenvalue weighted by molar-refractivity contribution is 9.10. The molecule has 0 aromatic heterocycles. The van der Waals surface area contributed by atoms with Crippen molar-refractivity contribution in [2.45, 2.75) is 19.6 Å². The summed E-state index contributed by atoms with van der Waals surface area (Å²) in [5.41, 5.74) is 2.40. The van der Waals surface area contributed by atoms with Crippen LogP contribution in [0.5, 0.6) is 5.75 Å². The number of hydrogen-bond donors (Lipinski definition) is 1. The maximum Gasteiger partial charge on any atom is 0.134 e. The molecule has 5 heteroatoms. The number of benzene rings is 2. The minimum atomic E-state index is 0. The van der Waals surface area contributed by atoms with E-state index < -0.39 is 0 Å². The predicted octanol–water partition coefficient (Wildman–Crippen LogP) is 4.58. The van der Waals surface area contributed by atoms with Crippen LogP contribution in [0.3, 0.4) is 0 Å². The van der Waals surface area contributed by atoms with Crippen molar-refractivity contribution in [2.75, 3.05) is 20.3 Å². The van der Waals surface area contributed by atoms with Crippen LogP contribution in [-0.2, 0) is 17.9 Å². The fourth-order valence-electron chi connectivity index (χ4n) is 2.08. The minimum Gasteiger partial charge on any atom is -0.488 e. The van der Waals surface area contributed by atoms with Gasteiger partial charge in [-0.3, -0.25) is 0 Å². The Balaban J connectivity index is 0.00000264. The highest BCUT2D eigenvalue weighted by atomic mass is 79.9. The number of hydrogen-bond acceptors (Lipinski definition) is 3. The van der Waals surface area contributed by atoms with Gasteiger partial charge in [-0.15, -0.1) is 12.4 Å². The maximum absolute atomic E-state index is 5.85. The molecule has 23 heavy (non-hydrogen) atoms. The van der Waals surface area contributed by atoms with Gasteiger partial charge in [-0.1, -0.05) is 36.4 Å². The number of nitrogens with one attached hydrogen (secondary N) is 1. The Labute approximate surface area is 152 Å². The van der Waals surface area contributed by atoms with E-state index in [0.29, 0.717) is 6.61 Å². The fourth-order valence-corrected chi connectivity index (χ4v) is 2.62. The van der Waals surface area contributed by atoms with Crippen molar-refractivity contribution in [3.63, 3.8) is 0 Å². The van der Waals surface area contributed by atoms with E-state index in [4.69, 9.17) is 9.47 Å². The number of rotatable bonds is 9. The first-order chi connectivity index (χ1) is 10.8. The second-order valence-corrected chi connectivity index (χ2v) is 5.92. The van der Waals surface area contributed by atoms with Crippen molar-refractivity contribution in [3.8, 4) is 5.75 Å². The molecule has 0 saturated heterocycles. The zero-order chi connectivity index (χ0) is 15.6. The summed E-state index contributed by atoms with van der Waals surface area (Å²) in [4.78, 5) is 0. The van der Waals surface area contributed by atoms with Crippen LogP contribution in [0.2, 0.25) is 0 Å². The van der Waals surface area contributed by atoms with Crippen LogP contribution in [0.25, 0.3) is 0 Å². The Morgan fingerprint density at radius 3 is 2.52 bits per heavy atom. The van der Waals surface area contributed by atoms with Gasteiger partial charge in [-0.25, -0.2) is 0 Å². The second-order valence-electron chi connectivity index (χ2n) is 5.06. The van der Waals surface area contributed by atoms with E-state index in [1.807, 2.05) is 24.3 Å². The van der Waals surface area contributed by atoms with Crippen LogP contribution in [0.15, 0.2) is 53.0 Å². The Hall–Kier alpha value is -1.07. The molecule has 0 saturated carbocycles. The van der Waals surface area contributed by atoms with E-state index in [1.54, 1.807) is 7.11 Å². The van der Waals surface area contributed by atoms with E-state index in [-0.39, 0.29) is 12.4 Å². The average Bonchev–Trinajstić information content (AvgIpc) is 2.55. The van der Waals surface area contributed by atoms with Crippen molar-refractivity contribution in [2.24, 2.45) is 0 Å². The molecule has 0 heterocycles. The van der Waals surface area contributed by atoms with Gasteiger partial charge >= 0.3 is 0 Å². The summed E-state index contributed by atoms with van der Waals surface area (Å²) in [6, 6.07) is 16.4. The average molecular weight is 401 g/mol. The monoisotopic (exact) mass is 399 g/mol. The predicted molar refractivity (Wildman–Crippen MR) is 100 cm³/mol.